The van der Waals surface area contributed by atoms with E-state index in [-0.39, 0.29) is 11.9 Å². The molecule has 2 heteroatoms. The van der Waals surface area contributed by atoms with Gasteiger partial charge in [0.05, 0.1) is 12.5 Å². The van der Waals surface area contributed by atoms with Crippen molar-refractivity contribution in [3.8, 4) is 0 Å². The molecule has 0 radical (unpaired) electrons. The Balaban J connectivity index is 3.49. The molecule has 0 spiro atoms. The summed E-state index contributed by atoms with van der Waals surface area (Å²) in [5, 5.41) is 0. The molecule has 0 aliphatic heterocycles. The highest BCUT2D eigenvalue weighted by Gasteiger charge is 2.17. The highest BCUT2D eigenvalue weighted by atomic mass is 16.5. The number of unbranched alkanes of at least 4 members (excludes halogenated alkanes) is 8. The van der Waals surface area contributed by atoms with Crippen LogP contribution in [0.1, 0.15) is 111 Å². The molecule has 0 bridgehead atoms. The monoisotopic (exact) mass is 326 g/mol. The Morgan fingerprint density at radius 1 is 0.783 bits per heavy atom. The molecular weight excluding hydrogens is 284 g/mol. The van der Waals surface area contributed by atoms with E-state index in [4.69, 9.17) is 4.74 Å². The van der Waals surface area contributed by atoms with Gasteiger partial charge in [0.1, 0.15) is 0 Å². The molecule has 0 saturated heterocycles. The van der Waals surface area contributed by atoms with Gasteiger partial charge in [-0.2, -0.15) is 0 Å². The molecule has 0 aromatic carbocycles. The molecule has 0 heterocycles. The minimum Gasteiger partial charge on any atom is -0.465 e. The third-order valence-electron chi connectivity index (χ3n) is 4.65. The molecule has 0 aliphatic carbocycles. The van der Waals surface area contributed by atoms with Crippen LogP contribution in [0.2, 0.25) is 0 Å². The first-order valence-corrected chi connectivity index (χ1v) is 10.3. The van der Waals surface area contributed by atoms with Crippen molar-refractivity contribution >= 4 is 5.97 Å². The minimum atomic E-state index is 0.0425. The first kappa shape index (κ1) is 22.5. The lowest BCUT2D eigenvalue weighted by molar-refractivity contribution is -0.149. The second-order valence-electron chi connectivity index (χ2n) is 7.43. The van der Waals surface area contributed by atoms with Crippen molar-refractivity contribution in [2.75, 3.05) is 6.61 Å². The summed E-state index contributed by atoms with van der Waals surface area (Å²) in [6, 6.07) is 0. The van der Waals surface area contributed by atoms with Crippen LogP contribution >= 0.6 is 0 Å². The highest BCUT2D eigenvalue weighted by molar-refractivity contribution is 5.72. The zero-order valence-corrected chi connectivity index (χ0v) is 16.4. The summed E-state index contributed by atoms with van der Waals surface area (Å²) in [4.78, 5) is 12.1. The fourth-order valence-corrected chi connectivity index (χ4v) is 2.96. The maximum atomic E-state index is 12.1. The number of hydrogen-bond acceptors (Lipinski definition) is 2. The normalized spacial score (nSPS) is 12.6. The quantitative estimate of drug-likeness (QED) is 0.227. The maximum Gasteiger partial charge on any atom is 0.308 e. The van der Waals surface area contributed by atoms with Crippen LogP contribution in [-0.4, -0.2) is 12.6 Å². The van der Waals surface area contributed by atoms with Gasteiger partial charge in [0.15, 0.2) is 0 Å². The topological polar surface area (TPSA) is 26.3 Å². The summed E-state index contributed by atoms with van der Waals surface area (Å²) in [7, 11) is 0. The lowest BCUT2D eigenvalue weighted by Gasteiger charge is -2.14. The zero-order valence-electron chi connectivity index (χ0n) is 16.4. The number of hydrogen-bond donors (Lipinski definition) is 0. The smallest absolute Gasteiger partial charge is 0.308 e. The Kier molecular flexibility index (Phi) is 16.0. The average molecular weight is 327 g/mol. The standard InChI is InChI=1S/C21H42O2/c1-5-7-8-14-17-20(6-2)21(22)23-18-15-12-10-9-11-13-16-19(3)4/h19-20H,5-18H2,1-4H3. The largest absolute Gasteiger partial charge is 0.465 e. The van der Waals surface area contributed by atoms with E-state index in [9.17, 15) is 4.79 Å². The highest BCUT2D eigenvalue weighted by Crippen LogP contribution is 2.16. The Morgan fingerprint density at radius 2 is 1.35 bits per heavy atom. The van der Waals surface area contributed by atoms with E-state index in [0.29, 0.717) is 6.61 Å². The molecule has 0 N–H and O–H groups in total. The van der Waals surface area contributed by atoms with E-state index in [0.717, 1.165) is 31.6 Å². The van der Waals surface area contributed by atoms with E-state index in [1.165, 1.54) is 57.8 Å². The number of ether oxygens (including phenoxy) is 1. The molecule has 0 saturated carbocycles. The predicted molar refractivity (Wildman–Crippen MR) is 101 cm³/mol. The molecule has 0 aliphatic rings. The molecule has 23 heavy (non-hydrogen) atoms. The first-order chi connectivity index (χ1) is 11.1. The average Bonchev–Trinajstić information content (AvgIpc) is 2.53. The second kappa shape index (κ2) is 16.3. The Labute approximate surface area is 145 Å². The maximum absolute atomic E-state index is 12.1. The van der Waals surface area contributed by atoms with Crippen LogP contribution in [-0.2, 0) is 9.53 Å². The van der Waals surface area contributed by atoms with Gasteiger partial charge in [-0.3, -0.25) is 4.79 Å². The zero-order chi connectivity index (χ0) is 17.3. The van der Waals surface area contributed by atoms with E-state index < -0.39 is 0 Å². The van der Waals surface area contributed by atoms with Gasteiger partial charge >= 0.3 is 5.97 Å². The van der Waals surface area contributed by atoms with Crippen LogP contribution in [0.4, 0.5) is 0 Å². The lowest BCUT2D eigenvalue weighted by atomic mass is 9.98. The molecule has 138 valence electrons. The van der Waals surface area contributed by atoms with Gasteiger partial charge in [-0.15, -0.1) is 0 Å². The van der Waals surface area contributed by atoms with E-state index in [1.54, 1.807) is 0 Å². The Bertz CT molecular complexity index is 261. The Hall–Kier alpha value is -0.530. The SMILES string of the molecule is CCCCCCC(CC)C(=O)OCCCCCCCCC(C)C. The number of carbonyl (C=O) groups excluding carboxylic acids is 1. The predicted octanol–water partition coefficient (Wildman–Crippen LogP) is 6.91. The van der Waals surface area contributed by atoms with Gasteiger partial charge in [-0.05, 0) is 25.2 Å². The van der Waals surface area contributed by atoms with E-state index in [2.05, 4.69) is 27.7 Å². The third kappa shape index (κ3) is 14.8. The number of rotatable bonds is 16. The van der Waals surface area contributed by atoms with Crippen LogP contribution in [0.3, 0.4) is 0 Å². The Morgan fingerprint density at radius 3 is 1.96 bits per heavy atom. The fourth-order valence-electron chi connectivity index (χ4n) is 2.96. The van der Waals surface area contributed by atoms with Gasteiger partial charge in [0.25, 0.3) is 0 Å². The molecule has 2 nitrogen and oxygen atoms in total. The van der Waals surface area contributed by atoms with Crippen molar-refractivity contribution in [1.29, 1.82) is 0 Å². The molecule has 0 rings (SSSR count). The van der Waals surface area contributed by atoms with Gasteiger partial charge in [0, 0.05) is 0 Å². The molecule has 0 aromatic rings. The fraction of sp³-hybridized carbons (Fsp3) is 0.952. The molecular formula is C21H42O2. The van der Waals surface area contributed by atoms with Gasteiger partial charge < -0.3 is 4.74 Å². The van der Waals surface area contributed by atoms with Crippen LogP contribution < -0.4 is 0 Å². The van der Waals surface area contributed by atoms with Gasteiger partial charge in [0.2, 0.25) is 0 Å². The number of esters is 1. The van der Waals surface area contributed by atoms with Gasteiger partial charge in [-0.1, -0.05) is 91.9 Å². The van der Waals surface area contributed by atoms with E-state index >= 15 is 0 Å². The molecule has 1 atom stereocenters. The van der Waals surface area contributed by atoms with E-state index in [1.807, 2.05) is 0 Å². The molecule has 0 aromatic heterocycles. The van der Waals surface area contributed by atoms with Crippen molar-refractivity contribution in [2.45, 2.75) is 111 Å². The summed E-state index contributed by atoms with van der Waals surface area (Å²) in [6.07, 6.45) is 15.8. The van der Waals surface area contributed by atoms with Crippen molar-refractivity contribution in [3.63, 3.8) is 0 Å². The summed E-state index contributed by atoms with van der Waals surface area (Å²) in [6.45, 7) is 9.53. The third-order valence-corrected chi connectivity index (χ3v) is 4.65. The lowest BCUT2D eigenvalue weighted by Crippen LogP contribution is -2.17. The van der Waals surface area contributed by atoms with Crippen molar-refractivity contribution in [1.82, 2.24) is 0 Å². The van der Waals surface area contributed by atoms with Crippen LogP contribution in [0, 0.1) is 11.8 Å². The molecule has 1 unspecified atom stereocenters. The number of carbonyl (C=O) groups is 1. The van der Waals surface area contributed by atoms with Crippen molar-refractivity contribution in [2.24, 2.45) is 11.8 Å². The summed E-state index contributed by atoms with van der Waals surface area (Å²) >= 11 is 0. The van der Waals surface area contributed by atoms with Gasteiger partial charge in [-0.25, -0.2) is 0 Å². The second-order valence-corrected chi connectivity index (χ2v) is 7.43. The summed E-state index contributed by atoms with van der Waals surface area (Å²) in [5.41, 5.74) is 0. The van der Waals surface area contributed by atoms with Crippen LogP contribution in [0.15, 0.2) is 0 Å². The minimum absolute atomic E-state index is 0.0425. The van der Waals surface area contributed by atoms with Crippen LogP contribution in [0.25, 0.3) is 0 Å². The van der Waals surface area contributed by atoms with Crippen molar-refractivity contribution in [3.05, 3.63) is 0 Å². The molecule has 0 fully saturated rings. The van der Waals surface area contributed by atoms with Crippen LogP contribution in [0.5, 0.6) is 0 Å². The molecule has 0 amide bonds. The summed E-state index contributed by atoms with van der Waals surface area (Å²) in [5.74, 6) is 1.01. The summed E-state index contributed by atoms with van der Waals surface area (Å²) < 4.78 is 5.47. The van der Waals surface area contributed by atoms with Crippen molar-refractivity contribution < 1.29 is 9.53 Å². The first-order valence-electron chi connectivity index (χ1n) is 10.3.